The van der Waals surface area contributed by atoms with Crippen molar-refractivity contribution in [3.8, 4) is 17.6 Å². The largest absolute Gasteiger partial charge is 0.507 e. The molecule has 0 aromatic heterocycles. The van der Waals surface area contributed by atoms with E-state index in [0.29, 0.717) is 21.8 Å². The zero-order valence-corrected chi connectivity index (χ0v) is 11.5. The van der Waals surface area contributed by atoms with Crippen molar-refractivity contribution in [2.24, 2.45) is 0 Å². The molecule has 5 heteroatoms. The minimum Gasteiger partial charge on any atom is -0.507 e. The molecule has 4 nitrogen and oxygen atoms in total. The van der Waals surface area contributed by atoms with Crippen molar-refractivity contribution >= 4 is 17.3 Å². The first kappa shape index (κ1) is 14.0. The highest BCUT2D eigenvalue weighted by atomic mass is 35.5. The molecule has 0 aliphatic rings. The molecular formula is C15H13ClN2O2. The number of hydrogen-bond acceptors (Lipinski definition) is 4. The number of halogens is 1. The molecule has 102 valence electrons. The predicted octanol–water partition coefficient (Wildman–Crippen LogP) is 3.80. The predicted molar refractivity (Wildman–Crippen MR) is 78.0 cm³/mol. The van der Waals surface area contributed by atoms with Crippen LogP contribution in [-0.2, 0) is 0 Å². The van der Waals surface area contributed by atoms with Crippen LogP contribution in [0.1, 0.15) is 24.1 Å². The van der Waals surface area contributed by atoms with Crippen LogP contribution in [0.4, 0.5) is 5.69 Å². The molecule has 3 N–H and O–H groups in total. The number of rotatable bonds is 3. The fourth-order valence-electron chi connectivity index (χ4n) is 2.02. The van der Waals surface area contributed by atoms with Crippen LogP contribution in [0.25, 0.3) is 0 Å². The minimum absolute atomic E-state index is 0.00876. The fourth-order valence-corrected chi connectivity index (χ4v) is 2.20. The highest BCUT2D eigenvalue weighted by Gasteiger charge is 2.16. The number of anilines is 1. The minimum atomic E-state index is -0.387. The number of nitriles is 1. The lowest BCUT2D eigenvalue weighted by atomic mass is 10.0. The fraction of sp³-hybridized carbons (Fsp3) is 0.133. The van der Waals surface area contributed by atoms with Gasteiger partial charge in [-0.05, 0) is 37.3 Å². The van der Waals surface area contributed by atoms with Gasteiger partial charge in [0.2, 0.25) is 0 Å². The lowest BCUT2D eigenvalue weighted by Gasteiger charge is -2.19. The van der Waals surface area contributed by atoms with Crippen molar-refractivity contribution in [1.82, 2.24) is 0 Å². The molecule has 0 bridgehead atoms. The number of aromatic hydroxyl groups is 2. The van der Waals surface area contributed by atoms with Gasteiger partial charge in [0.25, 0.3) is 0 Å². The third-order valence-corrected chi connectivity index (χ3v) is 3.20. The van der Waals surface area contributed by atoms with E-state index in [4.69, 9.17) is 16.9 Å². The van der Waals surface area contributed by atoms with E-state index in [0.717, 1.165) is 0 Å². The molecule has 2 aromatic carbocycles. The summed E-state index contributed by atoms with van der Waals surface area (Å²) < 4.78 is 0. The molecule has 0 fully saturated rings. The Balaban J connectivity index is 2.35. The van der Waals surface area contributed by atoms with Gasteiger partial charge in [0.15, 0.2) is 0 Å². The average molecular weight is 289 g/mol. The summed E-state index contributed by atoms with van der Waals surface area (Å²) in [4.78, 5) is 0. The second-order valence-corrected chi connectivity index (χ2v) is 4.81. The van der Waals surface area contributed by atoms with Crippen molar-refractivity contribution in [2.75, 3.05) is 5.32 Å². The number of phenols is 2. The van der Waals surface area contributed by atoms with Gasteiger partial charge in [0.1, 0.15) is 17.6 Å². The van der Waals surface area contributed by atoms with Gasteiger partial charge in [-0.2, -0.15) is 5.26 Å². The van der Waals surface area contributed by atoms with Crippen LogP contribution in [0.2, 0.25) is 5.02 Å². The second kappa shape index (κ2) is 5.72. The van der Waals surface area contributed by atoms with Crippen LogP contribution in [0.15, 0.2) is 36.4 Å². The lowest BCUT2D eigenvalue weighted by molar-refractivity contribution is 0.434. The van der Waals surface area contributed by atoms with Crippen LogP contribution in [0.3, 0.4) is 0 Å². The molecule has 0 heterocycles. The first-order valence-corrected chi connectivity index (χ1v) is 6.37. The smallest absolute Gasteiger partial charge is 0.124 e. The van der Waals surface area contributed by atoms with Gasteiger partial charge in [-0.25, -0.2) is 0 Å². The van der Waals surface area contributed by atoms with Crippen LogP contribution in [0, 0.1) is 11.3 Å². The van der Waals surface area contributed by atoms with E-state index in [-0.39, 0.29) is 17.5 Å². The summed E-state index contributed by atoms with van der Waals surface area (Å²) in [5, 5.41) is 32.3. The Labute approximate surface area is 121 Å². The number of nitrogens with zero attached hydrogens (tertiary/aromatic N) is 1. The van der Waals surface area contributed by atoms with E-state index < -0.39 is 0 Å². The van der Waals surface area contributed by atoms with E-state index in [1.807, 2.05) is 0 Å². The van der Waals surface area contributed by atoms with Gasteiger partial charge in [0.05, 0.1) is 22.9 Å². The van der Waals surface area contributed by atoms with Crippen LogP contribution >= 0.6 is 11.6 Å². The maximum Gasteiger partial charge on any atom is 0.124 e. The van der Waals surface area contributed by atoms with Crippen LogP contribution in [-0.4, -0.2) is 10.2 Å². The Morgan fingerprint density at radius 3 is 2.45 bits per heavy atom. The average Bonchev–Trinajstić information content (AvgIpc) is 2.38. The van der Waals surface area contributed by atoms with Crippen molar-refractivity contribution in [3.63, 3.8) is 0 Å². The molecule has 2 aromatic rings. The highest BCUT2D eigenvalue weighted by molar-refractivity contribution is 6.30. The topological polar surface area (TPSA) is 76.3 Å². The number of benzene rings is 2. The summed E-state index contributed by atoms with van der Waals surface area (Å²) in [5.41, 5.74) is 1.36. The standard InChI is InChI=1S/C15H13ClN2O2/c1-9(15-13(19)3-2-4-14(15)20)18-12-7-11(16)6-5-10(12)8-17/h2-7,9,18-20H,1H3. The Kier molecular flexibility index (Phi) is 4.02. The summed E-state index contributed by atoms with van der Waals surface area (Å²) in [7, 11) is 0. The van der Waals surface area contributed by atoms with Gasteiger partial charge >= 0.3 is 0 Å². The van der Waals surface area contributed by atoms with Gasteiger partial charge in [-0.1, -0.05) is 17.7 Å². The van der Waals surface area contributed by atoms with E-state index >= 15 is 0 Å². The molecule has 0 aliphatic heterocycles. The number of nitrogens with one attached hydrogen (secondary N) is 1. The molecule has 1 unspecified atom stereocenters. The molecule has 2 rings (SSSR count). The zero-order chi connectivity index (χ0) is 14.7. The third-order valence-electron chi connectivity index (χ3n) is 2.97. The second-order valence-electron chi connectivity index (χ2n) is 4.38. The highest BCUT2D eigenvalue weighted by Crippen LogP contribution is 2.35. The monoisotopic (exact) mass is 288 g/mol. The number of hydrogen-bond donors (Lipinski definition) is 3. The van der Waals surface area contributed by atoms with Crippen molar-refractivity contribution in [3.05, 3.63) is 52.5 Å². The quantitative estimate of drug-likeness (QED) is 0.803. The van der Waals surface area contributed by atoms with Gasteiger partial charge in [0, 0.05) is 5.02 Å². The molecule has 1 atom stereocenters. The summed E-state index contributed by atoms with van der Waals surface area (Å²) in [6.07, 6.45) is 0. The van der Waals surface area contributed by atoms with Crippen LogP contribution in [0.5, 0.6) is 11.5 Å². The van der Waals surface area contributed by atoms with Crippen molar-refractivity contribution in [2.45, 2.75) is 13.0 Å². The molecule has 0 aliphatic carbocycles. The summed E-state index contributed by atoms with van der Waals surface area (Å²) in [6, 6.07) is 11.1. The lowest BCUT2D eigenvalue weighted by Crippen LogP contribution is -2.08. The first-order valence-electron chi connectivity index (χ1n) is 6.00. The maximum absolute atomic E-state index is 9.83. The molecule has 20 heavy (non-hydrogen) atoms. The Morgan fingerprint density at radius 2 is 1.85 bits per heavy atom. The van der Waals surface area contributed by atoms with E-state index in [2.05, 4.69) is 11.4 Å². The summed E-state index contributed by atoms with van der Waals surface area (Å²) in [6.45, 7) is 1.77. The Morgan fingerprint density at radius 1 is 1.20 bits per heavy atom. The SMILES string of the molecule is CC(Nc1cc(Cl)ccc1C#N)c1c(O)cccc1O. The van der Waals surface area contributed by atoms with E-state index in [9.17, 15) is 10.2 Å². The Hall–Kier alpha value is -2.38. The Bertz CT molecular complexity index is 660. The van der Waals surface area contributed by atoms with E-state index in [1.54, 1.807) is 31.2 Å². The molecule has 0 radical (unpaired) electrons. The molecule has 0 amide bonds. The third kappa shape index (κ3) is 2.79. The number of phenolic OH excluding ortho intramolecular Hbond substituents is 2. The van der Waals surface area contributed by atoms with Crippen molar-refractivity contribution in [1.29, 1.82) is 5.26 Å². The van der Waals surface area contributed by atoms with Gasteiger partial charge in [-0.15, -0.1) is 0 Å². The van der Waals surface area contributed by atoms with Gasteiger partial charge < -0.3 is 15.5 Å². The summed E-state index contributed by atoms with van der Waals surface area (Å²) >= 11 is 5.92. The van der Waals surface area contributed by atoms with Gasteiger partial charge in [-0.3, -0.25) is 0 Å². The zero-order valence-electron chi connectivity index (χ0n) is 10.8. The van der Waals surface area contributed by atoms with Crippen molar-refractivity contribution < 1.29 is 10.2 Å². The molecule has 0 saturated heterocycles. The maximum atomic E-state index is 9.83. The summed E-state index contributed by atoms with van der Waals surface area (Å²) in [5.74, 6) is -0.0175. The van der Waals surface area contributed by atoms with E-state index in [1.165, 1.54) is 12.1 Å². The first-order chi connectivity index (χ1) is 9.52. The van der Waals surface area contributed by atoms with Crippen LogP contribution < -0.4 is 5.32 Å². The normalized spacial score (nSPS) is 11.7. The molecule has 0 spiro atoms. The molecular weight excluding hydrogens is 276 g/mol. The molecule has 0 saturated carbocycles.